The second-order valence-corrected chi connectivity index (χ2v) is 12.3. The van der Waals surface area contributed by atoms with Crippen LogP contribution in [0, 0.1) is 22.7 Å². The molecule has 5 nitrogen and oxygen atoms in total. The number of hydrogen-bond acceptors (Lipinski definition) is 3. The smallest absolute Gasteiger partial charge is 0.147 e. The molecule has 0 aliphatic carbocycles. The first-order valence-corrected chi connectivity index (χ1v) is 16.2. The molecular weight excluding hydrogens is 601 g/mol. The van der Waals surface area contributed by atoms with Crippen molar-refractivity contribution in [2.24, 2.45) is 0 Å². The number of aromatic nitrogens is 2. The summed E-state index contributed by atoms with van der Waals surface area (Å²) in [6, 6.07) is 53.9. The highest BCUT2D eigenvalue weighted by Gasteiger charge is 2.28. The fourth-order valence-electron chi connectivity index (χ4n) is 7.80. The molecule has 3 aromatic heterocycles. The molecule has 0 bridgehead atoms. The molecule has 0 unspecified atom stereocenters. The maximum absolute atomic E-state index is 10.7. The Balaban J connectivity index is 1.46. The minimum atomic E-state index is 0.512. The summed E-state index contributed by atoms with van der Waals surface area (Å²) in [6.45, 7) is 0. The third kappa shape index (κ3) is 3.67. The van der Waals surface area contributed by atoms with Gasteiger partial charge in [-0.1, -0.05) is 97.1 Å². The Morgan fingerprint density at radius 2 is 1.08 bits per heavy atom. The number of fused-ring (bicyclic) bond motifs is 12. The van der Waals surface area contributed by atoms with Crippen molar-refractivity contribution in [3.63, 3.8) is 0 Å². The van der Waals surface area contributed by atoms with Crippen molar-refractivity contribution in [2.45, 2.75) is 0 Å². The zero-order valence-electron chi connectivity index (χ0n) is 26.1. The number of nitrogens with zero attached hydrogens (tertiary/aromatic N) is 4. The van der Waals surface area contributed by atoms with Crippen LogP contribution in [0.2, 0.25) is 0 Å². The van der Waals surface area contributed by atoms with Crippen LogP contribution in [0.3, 0.4) is 0 Å². The van der Waals surface area contributed by atoms with Crippen LogP contribution in [-0.2, 0) is 0 Å². The molecule has 0 aliphatic rings. The molecule has 0 aliphatic heterocycles. The number of nitriles is 2. The standard InChI is InChI=1S/C44H24N4O/c45-25-28-12-4-5-15-31(28)27-22-23-35(29(24-27)26-46)48-37-20-10-7-17-33(37)40-43(48)39-32-16-6-9-19-36(32)47(30-13-2-1-3-14-30)42(39)41-34-18-8-11-21-38(34)49-44(40)41/h1-24H. The van der Waals surface area contributed by atoms with E-state index in [2.05, 4.69) is 100 Å². The van der Waals surface area contributed by atoms with Gasteiger partial charge < -0.3 is 13.6 Å². The van der Waals surface area contributed by atoms with Crippen molar-refractivity contribution in [1.29, 1.82) is 10.5 Å². The van der Waals surface area contributed by atoms with Gasteiger partial charge in [-0.2, -0.15) is 10.5 Å². The molecule has 10 rings (SSSR count). The van der Waals surface area contributed by atoms with Crippen LogP contribution < -0.4 is 0 Å². The second kappa shape index (κ2) is 10.2. The van der Waals surface area contributed by atoms with Crippen molar-refractivity contribution in [1.82, 2.24) is 9.13 Å². The third-order valence-corrected chi connectivity index (χ3v) is 9.78. The second-order valence-electron chi connectivity index (χ2n) is 12.3. The summed E-state index contributed by atoms with van der Waals surface area (Å²) in [6.07, 6.45) is 0. The number of benzene rings is 7. The summed E-state index contributed by atoms with van der Waals surface area (Å²) in [4.78, 5) is 0. The summed E-state index contributed by atoms with van der Waals surface area (Å²) in [5.41, 5.74) is 10.3. The van der Waals surface area contributed by atoms with Crippen LogP contribution in [0.5, 0.6) is 0 Å². The largest absolute Gasteiger partial charge is 0.455 e. The topological polar surface area (TPSA) is 70.6 Å². The third-order valence-electron chi connectivity index (χ3n) is 9.78. The highest BCUT2D eigenvalue weighted by molar-refractivity contribution is 6.39. The average molecular weight is 625 g/mol. The van der Waals surface area contributed by atoms with Gasteiger partial charge in [0.25, 0.3) is 0 Å². The molecule has 49 heavy (non-hydrogen) atoms. The zero-order valence-corrected chi connectivity index (χ0v) is 26.1. The summed E-state index contributed by atoms with van der Waals surface area (Å²) in [7, 11) is 0. The van der Waals surface area contributed by atoms with E-state index in [9.17, 15) is 10.5 Å². The molecular formula is C44H24N4O. The minimum absolute atomic E-state index is 0.512. The molecule has 0 N–H and O–H groups in total. The van der Waals surface area contributed by atoms with Crippen LogP contribution >= 0.6 is 0 Å². The number of furan rings is 1. The molecule has 0 fully saturated rings. The van der Waals surface area contributed by atoms with E-state index in [0.29, 0.717) is 11.1 Å². The maximum atomic E-state index is 10.7. The first kappa shape index (κ1) is 27.1. The molecule has 0 radical (unpaired) electrons. The summed E-state index contributed by atoms with van der Waals surface area (Å²) >= 11 is 0. The molecule has 0 saturated heterocycles. The van der Waals surface area contributed by atoms with Gasteiger partial charge in [0, 0.05) is 27.2 Å². The van der Waals surface area contributed by atoms with Crippen LogP contribution in [0.15, 0.2) is 150 Å². The van der Waals surface area contributed by atoms with E-state index >= 15 is 0 Å². The Bertz CT molecular complexity index is 3070. The molecule has 7 aromatic carbocycles. The van der Waals surface area contributed by atoms with Crippen LogP contribution in [0.4, 0.5) is 0 Å². The molecule has 0 atom stereocenters. The van der Waals surface area contributed by atoms with Gasteiger partial charge in [-0.25, -0.2) is 0 Å². The van der Waals surface area contributed by atoms with Gasteiger partial charge in [-0.3, -0.25) is 0 Å². The van der Waals surface area contributed by atoms with Crippen molar-refractivity contribution < 1.29 is 4.42 Å². The van der Waals surface area contributed by atoms with Gasteiger partial charge in [-0.15, -0.1) is 0 Å². The predicted octanol–water partition coefficient (Wildman–Crippen LogP) is 11.2. The fraction of sp³-hybridized carbons (Fsp3) is 0. The normalized spacial score (nSPS) is 11.6. The van der Waals surface area contributed by atoms with Crippen LogP contribution in [-0.4, -0.2) is 9.13 Å². The maximum Gasteiger partial charge on any atom is 0.147 e. The lowest BCUT2D eigenvalue weighted by molar-refractivity contribution is 0.673. The van der Waals surface area contributed by atoms with Gasteiger partial charge in [-0.05, 0) is 59.7 Å². The number of para-hydroxylation sites is 4. The minimum Gasteiger partial charge on any atom is -0.455 e. The van der Waals surface area contributed by atoms with Crippen molar-refractivity contribution in [3.05, 3.63) is 157 Å². The van der Waals surface area contributed by atoms with Gasteiger partial charge in [0.05, 0.1) is 55.7 Å². The monoisotopic (exact) mass is 624 g/mol. The first-order chi connectivity index (χ1) is 24.3. The molecule has 0 spiro atoms. The van der Waals surface area contributed by atoms with Gasteiger partial charge in [0.2, 0.25) is 0 Å². The lowest BCUT2D eigenvalue weighted by atomic mass is 9.98. The quantitative estimate of drug-likeness (QED) is 0.196. The van der Waals surface area contributed by atoms with Crippen LogP contribution in [0.25, 0.3) is 88.1 Å². The average Bonchev–Trinajstić information content (AvgIpc) is 3.83. The Labute approximate surface area is 280 Å². The van der Waals surface area contributed by atoms with E-state index in [-0.39, 0.29) is 0 Å². The lowest BCUT2D eigenvalue weighted by Crippen LogP contribution is -1.99. The molecule has 226 valence electrons. The summed E-state index contributed by atoms with van der Waals surface area (Å²) < 4.78 is 11.4. The summed E-state index contributed by atoms with van der Waals surface area (Å²) in [5.74, 6) is 0. The highest BCUT2D eigenvalue weighted by Crippen LogP contribution is 2.49. The molecule has 0 amide bonds. The van der Waals surface area contributed by atoms with E-state index in [0.717, 1.165) is 88.1 Å². The predicted molar refractivity (Wildman–Crippen MR) is 197 cm³/mol. The molecule has 5 heteroatoms. The van der Waals surface area contributed by atoms with Crippen molar-refractivity contribution in [2.75, 3.05) is 0 Å². The Morgan fingerprint density at radius 1 is 0.490 bits per heavy atom. The fourth-order valence-corrected chi connectivity index (χ4v) is 7.80. The van der Waals surface area contributed by atoms with E-state index in [1.807, 2.05) is 60.7 Å². The Hall–Kier alpha value is -7.08. The molecule has 0 saturated carbocycles. The van der Waals surface area contributed by atoms with Crippen molar-refractivity contribution in [3.8, 4) is 34.6 Å². The number of hydrogen-bond donors (Lipinski definition) is 0. The Morgan fingerprint density at radius 3 is 1.86 bits per heavy atom. The molecule has 10 aromatic rings. The van der Waals surface area contributed by atoms with Gasteiger partial charge in [0.1, 0.15) is 17.2 Å². The number of rotatable bonds is 3. The lowest BCUT2D eigenvalue weighted by Gasteiger charge is -2.14. The van der Waals surface area contributed by atoms with E-state index in [4.69, 9.17) is 4.42 Å². The highest BCUT2D eigenvalue weighted by atomic mass is 16.3. The van der Waals surface area contributed by atoms with E-state index in [1.165, 1.54) is 0 Å². The first-order valence-electron chi connectivity index (χ1n) is 16.2. The van der Waals surface area contributed by atoms with Gasteiger partial charge in [0.15, 0.2) is 0 Å². The van der Waals surface area contributed by atoms with Gasteiger partial charge >= 0.3 is 0 Å². The van der Waals surface area contributed by atoms with Crippen molar-refractivity contribution >= 4 is 65.6 Å². The summed E-state index contributed by atoms with van der Waals surface area (Å²) in [5, 5.41) is 26.9. The molecule has 3 heterocycles. The Kier molecular flexibility index (Phi) is 5.64. The SMILES string of the molecule is N#Cc1ccccc1-c1ccc(-n2c3ccccc3c3c4oc5ccccc5c4c4c(c5ccccc5n4-c4ccccc4)c32)c(C#N)c1. The van der Waals surface area contributed by atoms with E-state index < -0.39 is 0 Å². The zero-order chi connectivity index (χ0) is 32.6. The van der Waals surface area contributed by atoms with E-state index in [1.54, 1.807) is 6.07 Å². The van der Waals surface area contributed by atoms with Crippen LogP contribution in [0.1, 0.15) is 11.1 Å².